The Kier molecular flexibility index (Phi) is 2.76. The molecule has 1 aromatic carbocycles. The van der Waals surface area contributed by atoms with E-state index in [1.165, 1.54) is 12.8 Å². The van der Waals surface area contributed by atoms with Crippen LogP contribution in [0.15, 0.2) is 24.4 Å². The van der Waals surface area contributed by atoms with Crippen LogP contribution in [0.4, 0.5) is 0 Å². The lowest BCUT2D eigenvalue weighted by Gasteiger charge is -2.11. The van der Waals surface area contributed by atoms with Crippen LogP contribution in [0.1, 0.15) is 23.2 Å². The van der Waals surface area contributed by atoms with Crippen molar-refractivity contribution in [3.63, 3.8) is 0 Å². The molecule has 1 heterocycles. The van der Waals surface area contributed by atoms with E-state index in [9.17, 15) is 4.79 Å². The quantitative estimate of drug-likeness (QED) is 0.751. The number of amides is 1. The van der Waals surface area contributed by atoms with Crippen LogP contribution in [0.2, 0.25) is 0 Å². The summed E-state index contributed by atoms with van der Waals surface area (Å²) in [6, 6.07) is 5.62. The average molecular weight is 244 g/mol. The Bertz CT molecular complexity index is 573. The summed E-state index contributed by atoms with van der Waals surface area (Å²) in [7, 11) is 0. The molecule has 1 aromatic heterocycles. The largest absolute Gasteiger partial charge is 0.350 e. The number of hydrogen-bond donors (Lipinski definition) is 3. The van der Waals surface area contributed by atoms with Gasteiger partial charge in [0.1, 0.15) is 0 Å². The number of nitrogens with two attached hydrogens (primary N) is 1. The zero-order chi connectivity index (χ0) is 12.5. The second-order valence-electron chi connectivity index (χ2n) is 4.85. The standard InChI is InChI=1S/C13H16N4O/c14-11(8-4-5-8)7-15-13(18)9-2-1-3-12-10(9)6-16-17-12/h1-3,6,8,11H,4-5,7,14H2,(H,15,18)(H,16,17). The molecule has 0 saturated heterocycles. The Morgan fingerprint density at radius 3 is 3.17 bits per heavy atom. The highest BCUT2D eigenvalue weighted by atomic mass is 16.1. The summed E-state index contributed by atoms with van der Waals surface area (Å²) in [5.41, 5.74) is 7.48. The molecule has 0 radical (unpaired) electrons. The van der Waals surface area contributed by atoms with E-state index in [2.05, 4.69) is 15.5 Å². The summed E-state index contributed by atoms with van der Waals surface area (Å²) in [5.74, 6) is 0.508. The van der Waals surface area contributed by atoms with E-state index in [0.717, 1.165) is 10.9 Å². The Morgan fingerprint density at radius 1 is 1.56 bits per heavy atom. The molecule has 1 amide bonds. The highest BCUT2D eigenvalue weighted by Gasteiger charge is 2.28. The second-order valence-corrected chi connectivity index (χ2v) is 4.85. The SMILES string of the molecule is NC(CNC(=O)c1cccc2[nH]ncc12)C1CC1. The highest BCUT2D eigenvalue weighted by molar-refractivity contribution is 6.06. The molecule has 1 aliphatic rings. The van der Waals surface area contributed by atoms with Crippen LogP contribution in [-0.2, 0) is 0 Å². The van der Waals surface area contributed by atoms with Crippen molar-refractivity contribution in [3.05, 3.63) is 30.0 Å². The number of carbonyl (C=O) groups excluding carboxylic acids is 1. The van der Waals surface area contributed by atoms with Crippen molar-refractivity contribution in [3.8, 4) is 0 Å². The molecule has 5 heteroatoms. The maximum absolute atomic E-state index is 12.1. The van der Waals surface area contributed by atoms with Crippen molar-refractivity contribution in [2.45, 2.75) is 18.9 Å². The number of aromatic nitrogens is 2. The Labute approximate surface area is 105 Å². The van der Waals surface area contributed by atoms with Crippen LogP contribution in [0.5, 0.6) is 0 Å². The summed E-state index contributed by atoms with van der Waals surface area (Å²) in [6.07, 6.45) is 4.05. The summed E-state index contributed by atoms with van der Waals surface area (Å²) < 4.78 is 0. The van der Waals surface area contributed by atoms with Gasteiger partial charge in [0.05, 0.1) is 17.3 Å². The number of benzene rings is 1. The van der Waals surface area contributed by atoms with Gasteiger partial charge in [-0.1, -0.05) is 6.07 Å². The fourth-order valence-corrected chi connectivity index (χ4v) is 2.16. The Hall–Kier alpha value is -1.88. The minimum absolute atomic E-state index is 0.0810. The van der Waals surface area contributed by atoms with E-state index in [4.69, 9.17) is 5.73 Å². The normalized spacial score (nSPS) is 16.7. The zero-order valence-corrected chi connectivity index (χ0v) is 10.0. The van der Waals surface area contributed by atoms with Crippen molar-refractivity contribution < 1.29 is 4.79 Å². The van der Waals surface area contributed by atoms with Crippen LogP contribution in [0, 0.1) is 5.92 Å². The summed E-state index contributed by atoms with van der Waals surface area (Å²) >= 11 is 0. The van der Waals surface area contributed by atoms with Crippen LogP contribution < -0.4 is 11.1 Å². The summed E-state index contributed by atoms with van der Waals surface area (Å²) in [5, 5.41) is 10.5. The minimum atomic E-state index is -0.0851. The predicted molar refractivity (Wildman–Crippen MR) is 69.1 cm³/mol. The van der Waals surface area contributed by atoms with E-state index in [-0.39, 0.29) is 11.9 Å². The van der Waals surface area contributed by atoms with Gasteiger partial charge >= 0.3 is 0 Å². The number of aromatic amines is 1. The molecule has 1 atom stereocenters. The van der Waals surface area contributed by atoms with Gasteiger partial charge in [-0.15, -0.1) is 0 Å². The van der Waals surface area contributed by atoms with Crippen molar-refractivity contribution in [2.24, 2.45) is 11.7 Å². The first-order valence-electron chi connectivity index (χ1n) is 6.21. The fourth-order valence-electron chi connectivity index (χ4n) is 2.16. The number of fused-ring (bicyclic) bond motifs is 1. The van der Waals surface area contributed by atoms with Crippen LogP contribution >= 0.6 is 0 Å². The number of hydrogen-bond acceptors (Lipinski definition) is 3. The van der Waals surface area contributed by atoms with E-state index in [1.54, 1.807) is 12.3 Å². The van der Waals surface area contributed by atoms with Gasteiger partial charge in [-0.3, -0.25) is 9.89 Å². The first kappa shape index (κ1) is 11.2. The third-order valence-corrected chi connectivity index (χ3v) is 3.46. The molecule has 0 bridgehead atoms. The Morgan fingerprint density at radius 2 is 2.39 bits per heavy atom. The molecular weight excluding hydrogens is 228 g/mol. The molecule has 2 aromatic rings. The molecular formula is C13H16N4O. The zero-order valence-electron chi connectivity index (χ0n) is 10.0. The van der Waals surface area contributed by atoms with Crippen LogP contribution in [0.25, 0.3) is 10.9 Å². The molecule has 18 heavy (non-hydrogen) atoms. The molecule has 1 unspecified atom stereocenters. The maximum atomic E-state index is 12.1. The number of H-pyrrole nitrogens is 1. The highest BCUT2D eigenvalue weighted by Crippen LogP contribution is 2.31. The topological polar surface area (TPSA) is 83.8 Å². The number of rotatable bonds is 4. The molecule has 3 rings (SSSR count). The number of nitrogens with zero attached hydrogens (tertiary/aromatic N) is 1. The van der Waals surface area contributed by atoms with Crippen molar-refractivity contribution in [1.82, 2.24) is 15.5 Å². The smallest absolute Gasteiger partial charge is 0.252 e. The van der Waals surface area contributed by atoms with Crippen LogP contribution in [-0.4, -0.2) is 28.7 Å². The van der Waals surface area contributed by atoms with Crippen molar-refractivity contribution in [1.29, 1.82) is 0 Å². The first-order chi connectivity index (χ1) is 8.75. The van der Waals surface area contributed by atoms with E-state index >= 15 is 0 Å². The first-order valence-corrected chi connectivity index (χ1v) is 6.21. The van der Waals surface area contributed by atoms with E-state index in [0.29, 0.717) is 18.0 Å². The van der Waals surface area contributed by atoms with Gasteiger partial charge in [0.15, 0.2) is 0 Å². The molecule has 94 valence electrons. The third-order valence-electron chi connectivity index (χ3n) is 3.46. The summed E-state index contributed by atoms with van der Waals surface area (Å²) in [6.45, 7) is 0.539. The summed E-state index contributed by atoms with van der Waals surface area (Å²) in [4.78, 5) is 12.1. The Balaban J connectivity index is 1.73. The minimum Gasteiger partial charge on any atom is -0.350 e. The number of carbonyl (C=O) groups is 1. The lowest BCUT2D eigenvalue weighted by molar-refractivity contribution is 0.0952. The molecule has 0 aliphatic heterocycles. The molecule has 4 N–H and O–H groups in total. The maximum Gasteiger partial charge on any atom is 0.252 e. The van der Waals surface area contributed by atoms with Gasteiger partial charge in [-0.2, -0.15) is 5.10 Å². The molecule has 1 aliphatic carbocycles. The molecule has 0 spiro atoms. The van der Waals surface area contributed by atoms with E-state index < -0.39 is 0 Å². The third kappa shape index (κ3) is 2.09. The number of nitrogens with one attached hydrogen (secondary N) is 2. The predicted octanol–water partition coefficient (Wildman–Crippen LogP) is 1.03. The van der Waals surface area contributed by atoms with Gasteiger partial charge in [-0.05, 0) is 30.9 Å². The van der Waals surface area contributed by atoms with Gasteiger partial charge in [0, 0.05) is 18.0 Å². The average Bonchev–Trinajstić information content (AvgIpc) is 3.12. The van der Waals surface area contributed by atoms with Crippen molar-refractivity contribution >= 4 is 16.8 Å². The lowest BCUT2D eigenvalue weighted by Crippen LogP contribution is -2.38. The van der Waals surface area contributed by atoms with Crippen LogP contribution in [0.3, 0.4) is 0 Å². The molecule has 1 saturated carbocycles. The van der Waals surface area contributed by atoms with Gasteiger partial charge < -0.3 is 11.1 Å². The fraction of sp³-hybridized carbons (Fsp3) is 0.385. The lowest BCUT2D eigenvalue weighted by atomic mass is 10.1. The van der Waals surface area contributed by atoms with Gasteiger partial charge in [-0.25, -0.2) is 0 Å². The van der Waals surface area contributed by atoms with Gasteiger partial charge in [0.25, 0.3) is 5.91 Å². The molecule has 5 nitrogen and oxygen atoms in total. The van der Waals surface area contributed by atoms with Gasteiger partial charge in [0.2, 0.25) is 0 Å². The van der Waals surface area contributed by atoms with Crippen molar-refractivity contribution in [2.75, 3.05) is 6.54 Å². The second kappa shape index (κ2) is 4.42. The van der Waals surface area contributed by atoms with E-state index in [1.807, 2.05) is 12.1 Å². The molecule has 1 fully saturated rings. The monoisotopic (exact) mass is 244 g/mol.